The van der Waals surface area contributed by atoms with Gasteiger partial charge in [0, 0.05) is 0 Å². The summed E-state index contributed by atoms with van der Waals surface area (Å²) in [7, 11) is 9.78. The van der Waals surface area contributed by atoms with Gasteiger partial charge in [0.1, 0.15) is 0 Å². The summed E-state index contributed by atoms with van der Waals surface area (Å²) in [6.45, 7) is 1.72. The Morgan fingerprint density at radius 2 is 1.50 bits per heavy atom. The molecule has 0 heterocycles. The summed E-state index contributed by atoms with van der Waals surface area (Å²) in [5.74, 6) is 0. The lowest BCUT2D eigenvalue weighted by atomic mass is 9.73. The molecule has 18 valence electrons. The van der Waals surface area contributed by atoms with Crippen molar-refractivity contribution in [3.8, 4) is 0 Å². The minimum atomic E-state index is -0.167. The van der Waals surface area contributed by atoms with E-state index in [4.69, 9.17) is 15.7 Å². The van der Waals surface area contributed by atoms with Crippen LogP contribution in [0.4, 0.5) is 0 Å². The maximum atomic E-state index is 4.89. The van der Waals surface area contributed by atoms with Crippen LogP contribution in [-0.2, 0) is 0 Å². The molecule has 0 rings (SSSR count). The molecule has 4 heavy (non-hydrogen) atoms. The van der Waals surface area contributed by atoms with Gasteiger partial charge in [-0.15, -0.1) is 5.72 Å². The fourth-order valence-electron chi connectivity index (χ4n) is 0. The first kappa shape index (κ1) is 4.13. The lowest BCUT2D eigenvalue weighted by Gasteiger charge is -1.78. The Morgan fingerprint density at radius 3 is 1.50 bits per heavy atom. The van der Waals surface area contributed by atoms with E-state index < -0.39 is 0 Å². The van der Waals surface area contributed by atoms with E-state index in [-0.39, 0.29) is 5.72 Å². The van der Waals surface area contributed by atoms with Crippen LogP contribution in [-0.4, -0.2) is 15.7 Å². The van der Waals surface area contributed by atoms with Crippen LogP contribution in [0.15, 0.2) is 0 Å². The Morgan fingerprint density at radius 1 is 1.50 bits per heavy atom. The second-order valence-electron chi connectivity index (χ2n) is 0.859. The predicted octanol–water partition coefficient (Wildman–Crippen LogP) is 0.0893. The van der Waals surface area contributed by atoms with Crippen LogP contribution in [0.3, 0.4) is 0 Å². The molecule has 2 heteroatoms. The van der Waals surface area contributed by atoms with Crippen molar-refractivity contribution in [3.63, 3.8) is 0 Å². The van der Waals surface area contributed by atoms with Gasteiger partial charge >= 0.3 is 0 Å². The zero-order valence-corrected chi connectivity index (χ0v) is 2.73. The lowest BCUT2D eigenvalue weighted by molar-refractivity contribution is 1.36. The summed E-state index contributed by atoms with van der Waals surface area (Å²) < 4.78 is 0. The average Bonchev–Trinajstić information content (AvgIpc) is 0.811. The van der Waals surface area contributed by atoms with Gasteiger partial charge in [0.15, 0.2) is 0 Å². The third-order valence-corrected chi connectivity index (χ3v) is 0. The second kappa shape index (κ2) is 1.45. The number of hydrogen-bond acceptors (Lipinski definition) is 0. The van der Waals surface area contributed by atoms with Crippen molar-refractivity contribution in [2.24, 2.45) is 0 Å². The van der Waals surface area contributed by atoms with Gasteiger partial charge in [-0.1, -0.05) is 6.92 Å². The predicted molar refractivity (Wildman–Crippen MR) is 20.9 cm³/mol. The van der Waals surface area contributed by atoms with Gasteiger partial charge in [-0.2, -0.15) is 0 Å². The van der Waals surface area contributed by atoms with Crippen LogP contribution in [0.5, 0.6) is 0 Å². The van der Waals surface area contributed by atoms with E-state index in [1.807, 2.05) is 0 Å². The molecule has 0 unspecified atom stereocenters. The quantitative estimate of drug-likeness (QED) is 0.341. The summed E-state index contributed by atoms with van der Waals surface area (Å²) in [5, 5.41) is 0. The van der Waals surface area contributed by atoms with Crippen LogP contribution in [0.1, 0.15) is 6.92 Å². The fourth-order valence-corrected chi connectivity index (χ4v) is 0. The Labute approximate surface area is 29.4 Å². The molecule has 0 bridgehead atoms. The minimum absolute atomic E-state index is 0.167. The van der Waals surface area contributed by atoms with Crippen molar-refractivity contribution in [1.82, 2.24) is 0 Å². The molecule has 0 spiro atoms. The van der Waals surface area contributed by atoms with Crippen LogP contribution in [0.25, 0.3) is 0 Å². The van der Waals surface area contributed by atoms with Crippen molar-refractivity contribution in [2.45, 2.75) is 12.6 Å². The Kier molecular flexibility index (Phi) is 1.50. The maximum Gasteiger partial charge on any atom is 0.0571 e. The van der Waals surface area contributed by atoms with E-state index in [1.165, 1.54) is 0 Å². The largest absolute Gasteiger partial charge is 0.112 e. The van der Waals surface area contributed by atoms with Crippen molar-refractivity contribution in [3.05, 3.63) is 0 Å². The van der Waals surface area contributed by atoms with Crippen molar-refractivity contribution in [2.75, 3.05) is 0 Å². The smallest absolute Gasteiger partial charge is 0.0571 e. The number of rotatable bonds is 0. The lowest BCUT2D eigenvalue weighted by Crippen LogP contribution is -1.76. The normalized spacial score (nSPS) is 8.50. The highest BCUT2D eigenvalue weighted by Gasteiger charge is 1.69. The number of hydrogen-bond donors (Lipinski definition) is 0. The zero-order chi connectivity index (χ0) is 3.58. The third-order valence-electron chi connectivity index (χ3n) is 0. The summed E-state index contributed by atoms with van der Waals surface area (Å²) >= 11 is 0. The highest BCUT2D eigenvalue weighted by atomic mass is 13.5. The Hall–Kier alpha value is 0.130. The van der Waals surface area contributed by atoms with E-state index in [0.717, 1.165) is 0 Å². The van der Waals surface area contributed by atoms with Crippen molar-refractivity contribution in [1.29, 1.82) is 0 Å². The molecule has 0 saturated heterocycles. The molecule has 0 aromatic rings. The van der Waals surface area contributed by atoms with E-state index in [2.05, 4.69) is 0 Å². The standard InChI is InChI=1S/C2H4B2/c1-2(3)4/h2H,1H3. The fraction of sp³-hybridized carbons (Fsp3) is 1.00. The molecular weight excluding hydrogens is 45.6 g/mol. The molecule has 0 amide bonds. The van der Waals surface area contributed by atoms with Crippen LogP contribution >= 0.6 is 0 Å². The topological polar surface area (TPSA) is 0 Å². The molecule has 4 radical (unpaired) electrons. The van der Waals surface area contributed by atoms with Gasteiger partial charge in [0.25, 0.3) is 0 Å². The average molecular weight is 49.7 g/mol. The van der Waals surface area contributed by atoms with Gasteiger partial charge in [0.2, 0.25) is 0 Å². The van der Waals surface area contributed by atoms with E-state index in [1.54, 1.807) is 6.92 Å². The third kappa shape index (κ3) is 161. The van der Waals surface area contributed by atoms with E-state index >= 15 is 0 Å². The molecule has 0 atom stereocenters. The molecular formula is C2H4B2. The molecule has 0 saturated carbocycles. The van der Waals surface area contributed by atoms with E-state index in [9.17, 15) is 0 Å². The summed E-state index contributed by atoms with van der Waals surface area (Å²) in [5.41, 5.74) is -0.167. The molecule has 0 nitrogen and oxygen atoms in total. The highest BCUT2D eigenvalue weighted by molar-refractivity contribution is 6.34. The van der Waals surface area contributed by atoms with Gasteiger partial charge in [0.05, 0.1) is 15.7 Å². The van der Waals surface area contributed by atoms with Crippen LogP contribution in [0.2, 0.25) is 5.72 Å². The molecule has 0 aromatic carbocycles. The first-order valence-corrected chi connectivity index (χ1v) is 1.24. The van der Waals surface area contributed by atoms with Gasteiger partial charge in [-0.3, -0.25) is 0 Å². The van der Waals surface area contributed by atoms with Gasteiger partial charge in [-0.25, -0.2) is 0 Å². The van der Waals surface area contributed by atoms with Crippen LogP contribution < -0.4 is 0 Å². The van der Waals surface area contributed by atoms with Crippen LogP contribution in [0, 0.1) is 0 Å². The summed E-state index contributed by atoms with van der Waals surface area (Å²) in [6.07, 6.45) is 0. The monoisotopic (exact) mass is 50.0 g/mol. The molecule has 0 aromatic heterocycles. The van der Waals surface area contributed by atoms with Crippen molar-refractivity contribution >= 4 is 15.7 Å². The highest BCUT2D eigenvalue weighted by Crippen LogP contribution is 1.77. The molecule has 0 N–H and O–H groups in total. The zero-order valence-electron chi connectivity index (χ0n) is 2.73. The molecule has 0 aliphatic rings. The maximum absolute atomic E-state index is 4.89. The SMILES string of the molecule is [B]C([B])C. The Bertz CT molecular complexity index is 8.75. The molecule has 0 aliphatic carbocycles. The molecule has 0 aliphatic heterocycles. The summed E-state index contributed by atoms with van der Waals surface area (Å²) in [4.78, 5) is 0. The summed E-state index contributed by atoms with van der Waals surface area (Å²) in [6, 6.07) is 0. The van der Waals surface area contributed by atoms with Crippen molar-refractivity contribution < 1.29 is 0 Å². The minimum Gasteiger partial charge on any atom is -0.112 e. The second-order valence-corrected chi connectivity index (χ2v) is 0.859. The van der Waals surface area contributed by atoms with Gasteiger partial charge < -0.3 is 0 Å². The first-order valence-electron chi connectivity index (χ1n) is 1.24. The first-order chi connectivity index (χ1) is 1.73. The van der Waals surface area contributed by atoms with E-state index in [0.29, 0.717) is 0 Å². The Balaban J connectivity index is 2.32. The van der Waals surface area contributed by atoms with Gasteiger partial charge in [-0.05, 0) is 0 Å². The molecule has 0 fully saturated rings.